The molecule has 166 valence electrons. The van der Waals surface area contributed by atoms with E-state index < -0.39 is 0 Å². The fourth-order valence-corrected chi connectivity index (χ4v) is 4.14. The molecule has 2 aromatic heterocycles. The molecule has 2 aromatic carbocycles. The van der Waals surface area contributed by atoms with Gasteiger partial charge in [-0.1, -0.05) is 30.0 Å². The Hall–Kier alpha value is -3.91. The summed E-state index contributed by atoms with van der Waals surface area (Å²) in [5.41, 5.74) is 9.63. The van der Waals surface area contributed by atoms with Crippen molar-refractivity contribution < 1.29 is 9.59 Å². The fourth-order valence-electron chi connectivity index (χ4n) is 3.23. The maximum absolute atomic E-state index is 12.5. The molecular formula is C25H23N5O2S. The fraction of sp³-hybridized carbons (Fsp3) is 0.120. The minimum atomic E-state index is -0.390. The van der Waals surface area contributed by atoms with E-state index in [0.29, 0.717) is 16.9 Å². The molecule has 0 aliphatic heterocycles. The predicted octanol–water partition coefficient (Wildman–Crippen LogP) is 4.25. The van der Waals surface area contributed by atoms with Crippen LogP contribution >= 0.6 is 11.8 Å². The number of rotatable bonds is 6. The smallest absolute Gasteiger partial charge is 0.269 e. The Balaban J connectivity index is 1.31. The van der Waals surface area contributed by atoms with Crippen molar-refractivity contribution in [3.05, 3.63) is 107 Å². The van der Waals surface area contributed by atoms with Crippen LogP contribution < -0.4 is 10.9 Å². The van der Waals surface area contributed by atoms with E-state index in [4.69, 9.17) is 0 Å². The highest BCUT2D eigenvalue weighted by molar-refractivity contribution is 7.98. The van der Waals surface area contributed by atoms with E-state index in [1.54, 1.807) is 42.1 Å². The van der Waals surface area contributed by atoms with Crippen LogP contribution in [0.2, 0.25) is 0 Å². The number of carbonyl (C=O) groups excluding carboxylic acids is 2. The summed E-state index contributed by atoms with van der Waals surface area (Å²) >= 11 is 1.55. The van der Waals surface area contributed by atoms with Gasteiger partial charge in [0.1, 0.15) is 0 Å². The Kier molecular flexibility index (Phi) is 6.85. The van der Waals surface area contributed by atoms with Crippen LogP contribution in [0.4, 0.5) is 0 Å². The van der Waals surface area contributed by atoms with Crippen LogP contribution in [0.3, 0.4) is 0 Å². The highest BCUT2D eigenvalue weighted by Crippen LogP contribution is 2.20. The summed E-state index contributed by atoms with van der Waals surface area (Å²) in [5, 5.41) is 0.734. The van der Waals surface area contributed by atoms with Gasteiger partial charge >= 0.3 is 0 Å². The molecule has 0 bridgehead atoms. The highest BCUT2D eigenvalue weighted by atomic mass is 32.2. The minimum absolute atomic E-state index is 0.387. The zero-order chi connectivity index (χ0) is 23.2. The van der Waals surface area contributed by atoms with Crippen LogP contribution in [0.5, 0.6) is 0 Å². The first-order valence-corrected chi connectivity index (χ1v) is 11.3. The number of benzene rings is 2. The lowest BCUT2D eigenvalue weighted by Crippen LogP contribution is -2.41. The molecule has 7 nitrogen and oxygen atoms in total. The summed E-state index contributed by atoms with van der Waals surface area (Å²) in [6.45, 7) is 3.90. The number of aromatic nitrogens is 3. The molecule has 4 rings (SSSR count). The Labute approximate surface area is 196 Å². The summed E-state index contributed by atoms with van der Waals surface area (Å²) in [5.74, 6) is -0.0835. The van der Waals surface area contributed by atoms with Crippen molar-refractivity contribution in [1.82, 2.24) is 25.4 Å². The number of hydrogen-bond acceptors (Lipinski definition) is 5. The second-order valence-corrected chi connectivity index (χ2v) is 8.41. The molecule has 0 saturated carbocycles. The number of amides is 2. The van der Waals surface area contributed by atoms with Crippen molar-refractivity contribution in [1.29, 1.82) is 0 Å². The molecule has 2 N–H and O–H groups in total. The van der Waals surface area contributed by atoms with E-state index in [-0.39, 0.29) is 11.8 Å². The van der Waals surface area contributed by atoms with Crippen molar-refractivity contribution in [3.8, 4) is 5.69 Å². The summed E-state index contributed by atoms with van der Waals surface area (Å²) in [7, 11) is 0. The third kappa shape index (κ3) is 5.87. The van der Waals surface area contributed by atoms with Gasteiger partial charge in [0.25, 0.3) is 11.8 Å². The first-order chi connectivity index (χ1) is 16.0. The van der Waals surface area contributed by atoms with Gasteiger partial charge in [0.2, 0.25) is 0 Å². The Morgan fingerprint density at radius 1 is 0.818 bits per heavy atom. The van der Waals surface area contributed by atoms with Gasteiger partial charge < -0.3 is 4.57 Å². The summed E-state index contributed by atoms with van der Waals surface area (Å²) in [6.07, 6.45) is 3.80. The van der Waals surface area contributed by atoms with Crippen molar-refractivity contribution >= 4 is 23.6 Å². The van der Waals surface area contributed by atoms with Gasteiger partial charge in [-0.3, -0.25) is 20.4 Å². The lowest BCUT2D eigenvalue weighted by molar-refractivity contribution is 0.0846. The molecule has 0 spiro atoms. The maximum atomic E-state index is 12.5. The van der Waals surface area contributed by atoms with E-state index in [9.17, 15) is 9.59 Å². The molecule has 4 aromatic rings. The molecule has 8 heteroatoms. The van der Waals surface area contributed by atoms with Gasteiger partial charge in [0.05, 0.1) is 0 Å². The molecule has 0 aliphatic carbocycles. The van der Waals surface area contributed by atoms with Gasteiger partial charge in [-0.05, 0) is 67.9 Å². The molecule has 0 unspecified atom stereocenters. The lowest BCUT2D eigenvalue weighted by atomic mass is 10.1. The van der Waals surface area contributed by atoms with Gasteiger partial charge in [-0.25, -0.2) is 9.97 Å². The third-order valence-electron chi connectivity index (χ3n) is 4.85. The van der Waals surface area contributed by atoms with Crippen molar-refractivity contribution in [2.75, 3.05) is 0 Å². The van der Waals surface area contributed by atoms with Crippen molar-refractivity contribution in [2.24, 2.45) is 0 Å². The van der Waals surface area contributed by atoms with Crippen LogP contribution in [-0.2, 0) is 5.75 Å². The number of nitrogens with one attached hydrogen (secondary N) is 2. The van der Waals surface area contributed by atoms with Crippen LogP contribution in [0.15, 0.2) is 84.3 Å². The van der Waals surface area contributed by atoms with E-state index in [2.05, 4.69) is 20.8 Å². The molecule has 0 aliphatic rings. The standard InChI is InChI=1S/C25H23N5O2S/c1-17-14-18(2)27-25(26-17)33-16-19-8-10-20(11-9-19)23(31)28-29-24(32)21-6-5-7-22(15-21)30-12-3-4-13-30/h3-15H,16H2,1-2H3,(H,28,31)(H,29,32). The number of hydrazine groups is 1. The normalized spacial score (nSPS) is 10.6. The number of hydrogen-bond donors (Lipinski definition) is 2. The van der Waals surface area contributed by atoms with E-state index >= 15 is 0 Å². The summed E-state index contributed by atoms with van der Waals surface area (Å²) in [6, 6.07) is 20.1. The van der Waals surface area contributed by atoms with Crippen LogP contribution in [0.25, 0.3) is 5.69 Å². The van der Waals surface area contributed by atoms with Crippen molar-refractivity contribution in [3.63, 3.8) is 0 Å². The summed E-state index contributed by atoms with van der Waals surface area (Å²) < 4.78 is 1.90. The molecule has 0 radical (unpaired) electrons. The van der Waals surface area contributed by atoms with Crippen molar-refractivity contribution in [2.45, 2.75) is 24.8 Å². The molecule has 0 fully saturated rings. The monoisotopic (exact) mass is 457 g/mol. The Bertz CT molecular complexity index is 1250. The SMILES string of the molecule is Cc1cc(C)nc(SCc2ccc(C(=O)NNC(=O)c3cccc(-n4cccc4)c3)cc2)n1. The average Bonchev–Trinajstić information content (AvgIpc) is 3.36. The molecule has 0 saturated heterocycles. The average molecular weight is 458 g/mol. The molecule has 0 atom stereocenters. The lowest BCUT2D eigenvalue weighted by Gasteiger charge is -2.09. The second kappa shape index (κ2) is 10.1. The Morgan fingerprint density at radius 2 is 1.45 bits per heavy atom. The van der Waals surface area contributed by atoms with Gasteiger partial charge in [0, 0.05) is 46.3 Å². The van der Waals surface area contributed by atoms with Crippen LogP contribution in [0, 0.1) is 13.8 Å². The van der Waals surface area contributed by atoms with E-state index in [1.807, 2.05) is 67.2 Å². The maximum Gasteiger partial charge on any atom is 0.269 e. The topological polar surface area (TPSA) is 88.9 Å². The summed E-state index contributed by atoms with van der Waals surface area (Å²) in [4.78, 5) is 33.8. The number of aryl methyl sites for hydroxylation is 2. The number of carbonyl (C=O) groups is 2. The number of thioether (sulfide) groups is 1. The zero-order valence-corrected chi connectivity index (χ0v) is 19.1. The van der Waals surface area contributed by atoms with Gasteiger partial charge in [0.15, 0.2) is 5.16 Å². The number of nitrogens with zero attached hydrogens (tertiary/aromatic N) is 3. The first kappa shape index (κ1) is 22.3. The second-order valence-electron chi connectivity index (χ2n) is 7.47. The first-order valence-electron chi connectivity index (χ1n) is 10.4. The zero-order valence-electron chi connectivity index (χ0n) is 18.3. The molecule has 2 amide bonds. The highest BCUT2D eigenvalue weighted by Gasteiger charge is 2.10. The van der Waals surface area contributed by atoms with E-state index in [1.165, 1.54) is 0 Å². The third-order valence-corrected chi connectivity index (χ3v) is 5.76. The van der Waals surface area contributed by atoms with Gasteiger partial charge in [-0.15, -0.1) is 0 Å². The predicted molar refractivity (Wildman–Crippen MR) is 128 cm³/mol. The largest absolute Gasteiger partial charge is 0.324 e. The van der Waals surface area contributed by atoms with E-state index in [0.717, 1.165) is 27.8 Å². The van der Waals surface area contributed by atoms with Crippen LogP contribution in [-0.4, -0.2) is 26.3 Å². The molecule has 33 heavy (non-hydrogen) atoms. The van der Waals surface area contributed by atoms with Crippen LogP contribution in [0.1, 0.15) is 37.7 Å². The molecular weight excluding hydrogens is 434 g/mol. The quantitative estimate of drug-likeness (QED) is 0.257. The minimum Gasteiger partial charge on any atom is -0.324 e. The van der Waals surface area contributed by atoms with Gasteiger partial charge in [-0.2, -0.15) is 0 Å². The Morgan fingerprint density at radius 3 is 2.12 bits per heavy atom. The molecule has 2 heterocycles.